The molecule has 0 unspecified atom stereocenters. The summed E-state index contributed by atoms with van der Waals surface area (Å²) in [6, 6.07) is 16.5. The van der Waals surface area contributed by atoms with E-state index < -0.39 is 11.9 Å². The number of carboxylic acid groups (broad SMARTS) is 1. The highest BCUT2D eigenvalue weighted by Gasteiger charge is 2.17. The van der Waals surface area contributed by atoms with Crippen LogP contribution in [-0.4, -0.2) is 30.7 Å². The summed E-state index contributed by atoms with van der Waals surface area (Å²) in [7, 11) is 1.60. The molecule has 0 atom stereocenters. The molecule has 160 valence electrons. The van der Waals surface area contributed by atoms with Gasteiger partial charge in [-0.2, -0.15) is 0 Å². The maximum Gasteiger partial charge on any atom is 0.337 e. The molecule has 3 rings (SSSR count). The fourth-order valence-corrected chi connectivity index (χ4v) is 3.37. The van der Waals surface area contributed by atoms with Crippen LogP contribution in [0.5, 0.6) is 11.5 Å². The number of carboxylic acids is 1. The number of hydrogen-bond donors (Lipinski definition) is 2. The molecule has 8 heteroatoms. The molecule has 3 aromatic rings. The number of benzene rings is 3. The normalized spacial score (nSPS) is 10.4. The highest BCUT2D eigenvalue weighted by molar-refractivity contribution is 6.37. The number of methoxy groups -OCH3 is 1. The largest absolute Gasteiger partial charge is 0.497 e. The summed E-state index contributed by atoms with van der Waals surface area (Å²) in [6.07, 6.45) is 0.618. The average molecular weight is 460 g/mol. The monoisotopic (exact) mass is 459 g/mol. The third-order valence-corrected chi connectivity index (χ3v) is 4.99. The van der Waals surface area contributed by atoms with Crippen LogP contribution in [0.15, 0.2) is 60.7 Å². The number of nitrogens with one attached hydrogen (secondary N) is 1. The van der Waals surface area contributed by atoms with E-state index in [1.807, 2.05) is 24.3 Å². The van der Waals surface area contributed by atoms with Gasteiger partial charge in [0.2, 0.25) is 0 Å². The SMILES string of the molecule is COc1cccc(CCOc2ccc(NC(=O)c3ccc(Cl)cc3Cl)c(C(=O)O)c2)c1. The number of hydrogen-bond acceptors (Lipinski definition) is 4. The minimum atomic E-state index is -1.20. The lowest BCUT2D eigenvalue weighted by atomic mass is 10.1. The summed E-state index contributed by atoms with van der Waals surface area (Å²) in [5, 5.41) is 12.7. The molecule has 0 heterocycles. The predicted molar refractivity (Wildman–Crippen MR) is 120 cm³/mol. The van der Waals surface area contributed by atoms with Gasteiger partial charge in [0.1, 0.15) is 11.5 Å². The van der Waals surface area contributed by atoms with E-state index in [9.17, 15) is 14.7 Å². The number of amides is 1. The fraction of sp³-hybridized carbons (Fsp3) is 0.130. The Morgan fingerprint density at radius 3 is 2.48 bits per heavy atom. The zero-order valence-corrected chi connectivity index (χ0v) is 18.0. The first kappa shape index (κ1) is 22.5. The standard InChI is InChI=1S/C23H19Cl2NO5/c1-30-16-4-2-3-14(11-16)9-10-31-17-6-8-21(19(13-17)23(28)29)26-22(27)18-7-5-15(24)12-20(18)25/h2-8,11-13H,9-10H2,1H3,(H,26,27)(H,28,29). The van der Waals surface area contributed by atoms with Gasteiger partial charge in [-0.3, -0.25) is 4.79 Å². The minimum Gasteiger partial charge on any atom is -0.497 e. The number of ether oxygens (including phenoxy) is 2. The van der Waals surface area contributed by atoms with Gasteiger partial charge < -0.3 is 19.9 Å². The van der Waals surface area contributed by atoms with Crippen molar-refractivity contribution in [3.63, 3.8) is 0 Å². The van der Waals surface area contributed by atoms with Crippen molar-refractivity contribution in [2.45, 2.75) is 6.42 Å². The second-order valence-corrected chi connectivity index (χ2v) is 7.38. The second-order valence-electron chi connectivity index (χ2n) is 6.54. The highest BCUT2D eigenvalue weighted by atomic mass is 35.5. The smallest absolute Gasteiger partial charge is 0.337 e. The van der Waals surface area contributed by atoms with Crippen LogP contribution in [0.25, 0.3) is 0 Å². The van der Waals surface area contributed by atoms with Crippen LogP contribution in [0.1, 0.15) is 26.3 Å². The van der Waals surface area contributed by atoms with Crippen LogP contribution in [0.2, 0.25) is 10.0 Å². The van der Waals surface area contributed by atoms with E-state index in [1.54, 1.807) is 13.2 Å². The molecular formula is C23H19Cl2NO5. The van der Waals surface area contributed by atoms with E-state index in [0.717, 1.165) is 11.3 Å². The Kier molecular flexibility index (Phi) is 7.39. The van der Waals surface area contributed by atoms with E-state index in [4.69, 9.17) is 32.7 Å². The first-order chi connectivity index (χ1) is 14.9. The Morgan fingerprint density at radius 2 is 1.77 bits per heavy atom. The van der Waals surface area contributed by atoms with Crippen molar-refractivity contribution in [2.24, 2.45) is 0 Å². The molecule has 0 spiro atoms. The Bertz CT molecular complexity index is 1120. The van der Waals surface area contributed by atoms with Crippen molar-refractivity contribution in [3.05, 3.63) is 87.4 Å². The number of carbonyl (C=O) groups excluding carboxylic acids is 1. The lowest BCUT2D eigenvalue weighted by Crippen LogP contribution is -2.15. The van der Waals surface area contributed by atoms with Crippen LogP contribution in [0.3, 0.4) is 0 Å². The van der Waals surface area contributed by atoms with Crippen LogP contribution in [0.4, 0.5) is 5.69 Å². The van der Waals surface area contributed by atoms with Crippen molar-refractivity contribution in [1.82, 2.24) is 0 Å². The summed E-state index contributed by atoms with van der Waals surface area (Å²) in [5.41, 5.74) is 1.24. The van der Waals surface area contributed by atoms with Gasteiger partial charge in [-0.05, 0) is 54.1 Å². The topological polar surface area (TPSA) is 84.9 Å². The van der Waals surface area contributed by atoms with E-state index in [2.05, 4.69) is 5.32 Å². The van der Waals surface area contributed by atoms with Crippen molar-refractivity contribution < 1.29 is 24.2 Å². The first-order valence-electron chi connectivity index (χ1n) is 9.27. The molecule has 0 aliphatic heterocycles. The van der Waals surface area contributed by atoms with Crippen molar-refractivity contribution in [3.8, 4) is 11.5 Å². The zero-order chi connectivity index (χ0) is 22.4. The second kappa shape index (κ2) is 10.2. The van der Waals surface area contributed by atoms with E-state index >= 15 is 0 Å². The number of aromatic carboxylic acids is 1. The van der Waals surface area contributed by atoms with Crippen molar-refractivity contribution in [1.29, 1.82) is 0 Å². The number of halogens is 2. The molecule has 2 N–H and O–H groups in total. The highest BCUT2D eigenvalue weighted by Crippen LogP contribution is 2.26. The molecule has 6 nitrogen and oxygen atoms in total. The summed E-state index contributed by atoms with van der Waals surface area (Å²) in [4.78, 5) is 24.2. The quantitative estimate of drug-likeness (QED) is 0.459. The van der Waals surface area contributed by atoms with Gasteiger partial charge in [-0.15, -0.1) is 0 Å². The molecule has 31 heavy (non-hydrogen) atoms. The van der Waals surface area contributed by atoms with Crippen LogP contribution < -0.4 is 14.8 Å². The van der Waals surface area contributed by atoms with Gasteiger partial charge >= 0.3 is 5.97 Å². The maximum atomic E-state index is 12.5. The number of rotatable bonds is 8. The Balaban J connectivity index is 1.70. The van der Waals surface area contributed by atoms with Gasteiger partial charge in [0, 0.05) is 11.4 Å². The van der Waals surface area contributed by atoms with Crippen LogP contribution in [-0.2, 0) is 6.42 Å². The molecule has 0 saturated carbocycles. The van der Waals surface area contributed by atoms with E-state index in [0.29, 0.717) is 23.8 Å². The van der Waals surface area contributed by atoms with Gasteiger partial charge in [0.15, 0.2) is 0 Å². The molecule has 0 saturated heterocycles. The van der Waals surface area contributed by atoms with Crippen LogP contribution in [0, 0.1) is 0 Å². The van der Waals surface area contributed by atoms with Gasteiger partial charge in [0.05, 0.1) is 35.6 Å². The molecule has 1 amide bonds. The van der Waals surface area contributed by atoms with E-state index in [1.165, 1.54) is 30.3 Å². The molecule has 0 fully saturated rings. The third kappa shape index (κ3) is 5.90. The zero-order valence-electron chi connectivity index (χ0n) is 16.5. The van der Waals surface area contributed by atoms with Crippen molar-refractivity contribution >= 4 is 40.8 Å². The molecular weight excluding hydrogens is 441 g/mol. The van der Waals surface area contributed by atoms with Crippen LogP contribution >= 0.6 is 23.2 Å². The maximum absolute atomic E-state index is 12.5. The molecule has 0 aromatic heterocycles. The summed E-state index contributed by atoms with van der Waals surface area (Å²) in [6.45, 7) is 0.346. The number of anilines is 1. The minimum absolute atomic E-state index is 0.0997. The Labute approximate surface area is 189 Å². The summed E-state index contributed by atoms with van der Waals surface area (Å²) >= 11 is 11.9. The van der Waals surface area contributed by atoms with Gasteiger partial charge in [0.25, 0.3) is 5.91 Å². The number of carbonyl (C=O) groups is 2. The molecule has 0 radical (unpaired) electrons. The van der Waals surface area contributed by atoms with E-state index in [-0.39, 0.29) is 21.8 Å². The summed E-state index contributed by atoms with van der Waals surface area (Å²) in [5.74, 6) is -0.610. The van der Waals surface area contributed by atoms with Crippen molar-refractivity contribution in [2.75, 3.05) is 19.0 Å². The van der Waals surface area contributed by atoms with Gasteiger partial charge in [-0.25, -0.2) is 4.79 Å². The average Bonchev–Trinajstić information content (AvgIpc) is 2.74. The molecule has 0 aliphatic carbocycles. The van der Waals surface area contributed by atoms with Gasteiger partial charge in [-0.1, -0.05) is 35.3 Å². The molecule has 0 bridgehead atoms. The Morgan fingerprint density at radius 1 is 0.968 bits per heavy atom. The Hall–Kier alpha value is -3.22. The first-order valence-corrected chi connectivity index (χ1v) is 10.0. The lowest BCUT2D eigenvalue weighted by Gasteiger charge is -2.12. The fourth-order valence-electron chi connectivity index (χ4n) is 2.88. The molecule has 3 aromatic carbocycles. The molecule has 0 aliphatic rings. The summed E-state index contributed by atoms with van der Waals surface area (Å²) < 4.78 is 10.9. The third-order valence-electron chi connectivity index (χ3n) is 4.44. The lowest BCUT2D eigenvalue weighted by molar-refractivity contribution is 0.0697. The predicted octanol–water partition coefficient (Wildman–Crippen LogP) is 5.57.